The zero-order valence-corrected chi connectivity index (χ0v) is 9.13. The van der Waals surface area contributed by atoms with Crippen LogP contribution < -0.4 is 5.32 Å². The second kappa shape index (κ2) is 10.5. The van der Waals surface area contributed by atoms with Gasteiger partial charge in [-0.05, 0) is 6.42 Å². The zero-order chi connectivity index (χ0) is 10.6. The molecule has 0 aliphatic heterocycles. The van der Waals surface area contributed by atoms with E-state index in [0.717, 1.165) is 12.8 Å². The molecule has 0 aliphatic rings. The van der Waals surface area contributed by atoms with Gasteiger partial charge in [0.2, 0.25) is 0 Å². The minimum atomic E-state index is -0.0798. The molecule has 0 aromatic rings. The maximum atomic E-state index is 8.76. The van der Waals surface area contributed by atoms with E-state index in [4.69, 9.17) is 10.4 Å². The lowest BCUT2D eigenvalue weighted by molar-refractivity contribution is 0.287. The van der Waals surface area contributed by atoms with E-state index in [1.807, 2.05) is 0 Å². The van der Waals surface area contributed by atoms with Crippen molar-refractivity contribution in [3.63, 3.8) is 0 Å². The van der Waals surface area contributed by atoms with Crippen LogP contribution in [0.3, 0.4) is 0 Å². The van der Waals surface area contributed by atoms with Gasteiger partial charge in [-0.1, -0.05) is 39.0 Å². The monoisotopic (exact) mass is 198 g/mol. The van der Waals surface area contributed by atoms with E-state index in [0.29, 0.717) is 6.54 Å². The van der Waals surface area contributed by atoms with Crippen molar-refractivity contribution in [1.82, 2.24) is 5.32 Å². The Kier molecular flexibility index (Phi) is 10.0. The van der Waals surface area contributed by atoms with Gasteiger partial charge in [0, 0.05) is 6.54 Å². The van der Waals surface area contributed by atoms with Crippen LogP contribution in [0.1, 0.15) is 45.4 Å². The lowest BCUT2D eigenvalue weighted by Crippen LogP contribution is -2.30. The number of nitrogens with one attached hydrogen (secondary N) is 1. The molecular formula is C11H22N2O. The molecule has 3 nitrogen and oxygen atoms in total. The molecule has 0 aliphatic carbocycles. The van der Waals surface area contributed by atoms with Gasteiger partial charge in [0.15, 0.2) is 0 Å². The Morgan fingerprint density at radius 1 is 1.29 bits per heavy atom. The lowest BCUT2D eigenvalue weighted by atomic mass is 10.1. The molecule has 0 heterocycles. The quantitative estimate of drug-likeness (QED) is 0.556. The zero-order valence-electron chi connectivity index (χ0n) is 9.13. The van der Waals surface area contributed by atoms with E-state index in [1.165, 1.54) is 25.7 Å². The minimum Gasteiger partial charge on any atom is -0.395 e. The van der Waals surface area contributed by atoms with Gasteiger partial charge in [0.05, 0.1) is 18.7 Å². The number of rotatable bonds is 9. The van der Waals surface area contributed by atoms with Gasteiger partial charge in [0.25, 0.3) is 0 Å². The molecule has 0 spiro atoms. The molecule has 1 atom stereocenters. The molecule has 0 fully saturated rings. The molecule has 2 N–H and O–H groups in total. The summed E-state index contributed by atoms with van der Waals surface area (Å²) in [6.45, 7) is 2.82. The Morgan fingerprint density at radius 3 is 2.57 bits per heavy atom. The summed E-state index contributed by atoms with van der Waals surface area (Å²) in [7, 11) is 0. The first-order valence-electron chi connectivity index (χ1n) is 5.59. The fourth-order valence-electron chi connectivity index (χ4n) is 1.40. The molecule has 14 heavy (non-hydrogen) atoms. The highest BCUT2D eigenvalue weighted by atomic mass is 16.3. The van der Waals surface area contributed by atoms with Crippen molar-refractivity contribution in [1.29, 1.82) is 5.26 Å². The molecule has 0 saturated carbocycles. The predicted octanol–water partition coefficient (Wildman–Crippen LogP) is 1.82. The van der Waals surface area contributed by atoms with Crippen LogP contribution >= 0.6 is 0 Å². The van der Waals surface area contributed by atoms with Crippen LogP contribution in [0.25, 0.3) is 0 Å². The third kappa shape index (κ3) is 8.03. The van der Waals surface area contributed by atoms with Crippen molar-refractivity contribution in [3.05, 3.63) is 0 Å². The molecule has 82 valence electrons. The predicted molar refractivity (Wildman–Crippen MR) is 57.9 cm³/mol. The van der Waals surface area contributed by atoms with Crippen molar-refractivity contribution in [2.45, 2.75) is 51.5 Å². The largest absolute Gasteiger partial charge is 0.395 e. The van der Waals surface area contributed by atoms with Crippen molar-refractivity contribution in [2.75, 3.05) is 13.2 Å². The summed E-state index contributed by atoms with van der Waals surface area (Å²) in [5.74, 6) is 0. The summed E-state index contributed by atoms with van der Waals surface area (Å²) >= 11 is 0. The number of aliphatic hydroxyl groups is 1. The molecule has 0 bridgehead atoms. The summed E-state index contributed by atoms with van der Waals surface area (Å²) in [6, 6.07) is 2.13. The first kappa shape index (κ1) is 13.4. The van der Waals surface area contributed by atoms with Gasteiger partial charge in [-0.25, -0.2) is 0 Å². The number of nitrogens with zero attached hydrogens (tertiary/aromatic N) is 1. The topological polar surface area (TPSA) is 56.0 Å². The molecule has 0 amide bonds. The Labute approximate surface area is 87.1 Å². The number of nitriles is 1. The normalized spacial score (nSPS) is 12.4. The van der Waals surface area contributed by atoms with Crippen LogP contribution in [0.2, 0.25) is 0 Å². The van der Waals surface area contributed by atoms with Crippen LogP contribution in [-0.4, -0.2) is 24.3 Å². The van der Waals surface area contributed by atoms with Crippen molar-refractivity contribution in [3.8, 4) is 6.07 Å². The van der Waals surface area contributed by atoms with Crippen molar-refractivity contribution < 1.29 is 5.11 Å². The summed E-state index contributed by atoms with van der Waals surface area (Å²) < 4.78 is 0. The second-order valence-corrected chi connectivity index (χ2v) is 3.56. The molecule has 0 radical (unpaired) electrons. The number of hydrogen-bond acceptors (Lipinski definition) is 3. The minimum absolute atomic E-state index is 0.0798. The van der Waals surface area contributed by atoms with Crippen LogP contribution in [-0.2, 0) is 0 Å². The van der Waals surface area contributed by atoms with Crippen LogP contribution in [0, 0.1) is 11.3 Å². The third-order valence-electron chi connectivity index (χ3n) is 2.25. The highest BCUT2D eigenvalue weighted by Crippen LogP contribution is 2.06. The standard InChI is InChI=1S/C11H22N2O/c1-2-3-4-5-6-7-11(10-12)13-8-9-14/h11,13-14H,2-9H2,1H3. The summed E-state index contributed by atoms with van der Waals surface area (Å²) in [4.78, 5) is 0. The van der Waals surface area contributed by atoms with E-state index in [2.05, 4.69) is 18.3 Å². The van der Waals surface area contributed by atoms with Crippen LogP contribution in [0.4, 0.5) is 0 Å². The third-order valence-corrected chi connectivity index (χ3v) is 2.25. The van der Waals surface area contributed by atoms with Crippen molar-refractivity contribution in [2.24, 2.45) is 0 Å². The maximum absolute atomic E-state index is 8.76. The Bertz CT molecular complexity index is 154. The van der Waals surface area contributed by atoms with E-state index < -0.39 is 0 Å². The lowest BCUT2D eigenvalue weighted by Gasteiger charge is -2.09. The van der Waals surface area contributed by atoms with Gasteiger partial charge in [0.1, 0.15) is 0 Å². The molecule has 0 saturated heterocycles. The fourth-order valence-corrected chi connectivity index (χ4v) is 1.40. The average Bonchev–Trinajstić information content (AvgIpc) is 2.22. The van der Waals surface area contributed by atoms with Gasteiger partial charge in [-0.3, -0.25) is 5.32 Å². The van der Waals surface area contributed by atoms with E-state index >= 15 is 0 Å². The van der Waals surface area contributed by atoms with E-state index in [-0.39, 0.29) is 12.6 Å². The van der Waals surface area contributed by atoms with Gasteiger partial charge in [-0.15, -0.1) is 0 Å². The molecule has 3 heteroatoms. The van der Waals surface area contributed by atoms with E-state index in [9.17, 15) is 0 Å². The van der Waals surface area contributed by atoms with Gasteiger partial charge in [-0.2, -0.15) is 5.26 Å². The second-order valence-electron chi connectivity index (χ2n) is 3.56. The van der Waals surface area contributed by atoms with Crippen LogP contribution in [0.15, 0.2) is 0 Å². The number of aliphatic hydroxyl groups excluding tert-OH is 1. The number of hydrogen-bond donors (Lipinski definition) is 2. The Balaban J connectivity index is 3.30. The average molecular weight is 198 g/mol. The summed E-state index contributed by atoms with van der Waals surface area (Å²) in [5, 5.41) is 20.3. The SMILES string of the molecule is CCCCCCCC(C#N)NCCO. The van der Waals surface area contributed by atoms with Crippen LogP contribution in [0.5, 0.6) is 0 Å². The maximum Gasteiger partial charge on any atom is 0.0953 e. The van der Waals surface area contributed by atoms with Crippen molar-refractivity contribution >= 4 is 0 Å². The molecule has 0 aromatic carbocycles. The summed E-state index contributed by atoms with van der Waals surface area (Å²) in [5.41, 5.74) is 0. The summed E-state index contributed by atoms with van der Waals surface area (Å²) in [6.07, 6.45) is 7.05. The molecule has 0 aromatic heterocycles. The van der Waals surface area contributed by atoms with Gasteiger partial charge >= 0.3 is 0 Å². The fraction of sp³-hybridized carbons (Fsp3) is 0.909. The van der Waals surface area contributed by atoms with Gasteiger partial charge < -0.3 is 5.11 Å². The smallest absolute Gasteiger partial charge is 0.0953 e. The Morgan fingerprint density at radius 2 is 2.00 bits per heavy atom. The number of unbranched alkanes of at least 4 members (excludes halogenated alkanes) is 4. The Hall–Kier alpha value is -0.590. The first-order valence-corrected chi connectivity index (χ1v) is 5.59. The molecule has 0 rings (SSSR count). The molecular weight excluding hydrogens is 176 g/mol. The van der Waals surface area contributed by atoms with E-state index in [1.54, 1.807) is 0 Å². The highest BCUT2D eigenvalue weighted by Gasteiger charge is 2.04. The first-order chi connectivity index (χ1) is 6.85. The molecule has 1 unspecified atom stereocenters. The highest BCUT2D eigenvalue weighted by molar-refractivity contribution is 4.89.